The molecule has 6 heteroatoms. The SMILES string of the molecule is NC(CCl)=Nc1cc(F)ccc1NC1CCC(O)CC1. The molecule has 0 amide bonds. The quantitative estimate of drug-likeness (QED) is 0.455. The zero-order chi connectivity index (χ0) is 14.5. The lowest BCUT2D eigenvalue weighted by atomic mass is 9.93. The molecule has 0 spiro atoms. The molecule has 0 radical (unpaired) electrons. The van der Waals surface area contributed by atoms with E-state index in [2.05, 4.69) is 10.3 Å². The van der Waals surface area contributed by atoms with Crippen molar-refractivity contribution in [3.8, 4) is 0 Å². The van der Waals surface area contributed by atoms with Crippen LogP contribution >= 0.6 is 11.6 Å². The minimum absolute atomic E-state index is 0.103. The van der Waals surface area contributed by atoms with E-state index in [1.807, 2.05) is 0 Å². The maximum absolute atomic E-state index is 13.3. The van der Waals surface area contributed by atoms with Crippen molar-refractivity contribution in [1.29, 1.82) is 0 Å². The number of aliphatic hydroxyl groups excluding tert-OH is 1. The second-order valence-electron chi connectivity index (χ2n) is 5.05. The number of anilines is 1. The molecule has 1 saturated carbocycles. The Morgan fingerprint density at radius 1 is 1.40 bits per heavy atom. The number of aliphatic hydroxyl groups is 1. The van der Waals surface area contributed by atoms with E-state index in [0.717, 1.165) is 31.4 Å². The molecule has 110 valence electrons. The number of aliphatic imine (C=N–C) groups is 1. The van der Waals surface area contributed by atoms with Crippen LogP contribution in [-0.2, 0) is 0 Å². The van der Waals surface area contributed by atoms with Crippen molar-refractivity contribution in [2.75, 3.05) is 11.2 Å². The third-order valence-electron chi connectivity index (χ3n) is 3.42. The van der Waals surface area contributed by atoms with Crippen LogP contribution < -0.4 is 11.1 Å². The number of rotatable bonds is 4. The highest BCUT2D eigenvalue weighted by molar-refractivity contribution is 6.28. The van der Waals surface area contributed by atoms with Crippen molar-refractivity contribution >= 4 is 28.8 Å². The molecule has 1 aliphatic carbocycles. The van der Waals surface area contributed by atoms with Crippen LogP contribution in [0, 0.1) is 5.82 Å². The van der Waals surface area contributed by atoms with Crippen LogP contribution in [0.2, 0.25) is 0 Å². The largest absolute Gasteiger partial charge is 0.393 e. The Balaban J connectivity index is 2.14. The van der Waals surface area contributed by atoms with Crippen LogP contribution in [0.1, 0.15) is 25.7 Å². The highest BCUT2D eigenvalue weighted by Gasteiger charge is 2.20. The first kappa shape index (κ1) is 15.1. The van der Waals surface area contributed by atoms with Gasteiger partial charge in [0, 0.05) is 12.1 Å². The van der Waals surface area contributed by atoms with Gasteiger partial charge in [-0.25, -0.2) is 9.38 Å². The van der Waals surface area contributed by atoms with E-state index in [1.165, 1.54) is 12.1 Å². The highest BCUT2D eigenvalue weighted by Crippen LogP contribution is 2.29. The standard InChI is InChI=1S/C14H19ClFN3O/c15-8-14(17)19-13-7-9(16)1-6-12(13)18-10-2-4-11(20)5-3-10/h1,6-7,10-11,18,20H,2-5,8H2,(H2,17,19). The lowest BCUT2D eigenvalue weighted by Gasteiger charge is -2.27. The van der Waals surface area contributed by atoms with Gasteiger partial charge in [0.15, 0.2) is 0 Å². The van der Waals surface area contributed by atoms with Crippen LogP contribution in [-0.4, -0.2) is 29.0 Å². The zero-order valence-electron chi connectivity index (χ0n) is 11.1. The number of alkyl halides is 1. The van der Waals surface area contributed by atoms with Crippen molar-refractivity contribution in [2.45, 2.75) is 37.8 Å². The normalized spacial score (nSPS) is 23.6. The predicted molar refractivity (Wildman–Crippen MR) is 80.3 cm³/mol. The summed E-state index contributed by atoms with van der Waals surface area (Å²) in [4.78, 5) is 4.13. The summed E-state index contributed by atoms with van der Waals surface area (Å²) in [5.74, 6) is -0.0129. The Morgan fingerprint density at radius 3 is 2.75 bits per heavy atom. The van der Waals surface area contributed by atoms with Gasteiger partial charge in [0.25, 0.3) is 0 Å². The fourth-order valence-electron chi connectivity index (χ4n) is 2.34. The van der Waals surface area contributed by atoms with Crippen molar-refractivity contribution in [1.82, 2.24) is 0 Å². The number of amidine groups is 1. The molecule has 1 aromatic carbocycles. The topological polar surface area (TPSA) is 70.6 Å². The van der Waals surface area contributed by atoms with Gasteiger partial charge in [-0.3, -0.25) is 0 Å². The first-order valence-corrected chi connectivity index (χ1v) is 7.25. The lowest BCUT2D eigenvalue weighted by molar-refractivity contribution is 0.126. The van der Waals surface area contributed by atoms with E-state index in [0.29, 0.717) is 5.69 Å². The van der Waals surface area contributed by atoms with Crippen molar-refractivity contribution < 1.29 is 9.50 Å². The van der Waals surface area contributed by atoms with E-state index in [1.54, 1.807) is 6.07 Å². The van der Waals surface area contributed by atoms with Gasteiger partial charge in [0.05, 0.1) is 23.4 Å². The molecule has 20 heavy (non-hydrogen) atoms. The molecule has 2 rings (SSSR count). The molecular formula is C14H19ClFN3O. The summed E-state index contributed by atoms with van der Waals surface area (Å²) in [7, 11) is 0. The van der Waals surface area contributed by atoms with Gasteiger partial charge in [-0.15, -0.1) is 11.6 Å². The fourth-order valence-corrected chi connectivity index (χ4v) is 2.40. The third-order valence-corrected chi connectivity index (χ3v) is 3.69. The summed E-state index contributed by atoms with van der Waals surface area (Å²) in [5, 5.41) is 12.8. The van der Waals surface area contributed by atoms with Crippen LogP contribution in [0.4, 0.5) is 15.8 Å². The average Bonchev–Trinajstić information content (AvgIpc) is 2.44. The van der Waals surface area contributed by atoms with Crippen LogP contribution in [0.5, 0.6) is 0 Å². The highest BCUT2D eigenvalue weighted by atomic mass is 35.5. The first-order chi connectivity index (χ1) is 9.58. The zero-order valence-corrected chi connectivity index (χ0v) is 11.9. The number of hydrogen-bond donors (Lipinski definition) is 3. The minimum atomic E-state index is -0.365. The maximum atomic E-state index is 13.3. The average molecular weight is 300 g/mol. The smallest absolute Gasteiger partial charge is 0.125 e. The van der Waals surface area contributed by atoms with Gasteiger partial charge in [0.1, 0.15) is 11.7 Å². The van der Waals surface area contributed by atoms with Gasteiger partial charge in [-0.2, -0.15) is 0 Å². The van der Waals surface area contributed by atoms with E-state index in [-0.39, 0.29) is 29.7 Å². The molecule has 0 aliphatic heterocycles. The summed E-state index contributed by atoms with van der Waals surface area (Å²) in [5.41, 5.74) is 6.80. The Labute approximate surface area is 122 Å². The molecule has 0 aromatic heterocycles. The number of nitrogens with one attached hydrogen (secondary N) is 1. The Kier molecular flexibility index (Phi) is 5.20. The molecule has 0 saturated heterocycles. The monoisotopic (exact) mass is 299 g/mol. The van der Waals surface area contributed by atoms with Crippen LogP contribution in [0.25, 0.3) is 0 Å². The Bertz CT molecular complexity index is 487. The van der Waals surface area contributed by atoms with Crippen molar-refractivity contribution in [3.63, 3.8) is 0 Å². The fraction of sp³-hybridized carbons (Fsp3) is 0.500. The van der Waals surface area contributed by atoms with E-state index in [9.17, 15) is 9.50 Å². The summed E-state index contributed by atoms with van der Waals surface area (Å²) in [6.07, 6.45) is 3.12. The van der Waals surface area contributed by atoms with Crippen molar-refractivity contribution in [2.24, 2.45) is 10.7 Å². The molecule has 0 bridgehead atoms. The number of nitrogens with zero attached hydrogens (tertiary/aromatic N) is 1. The second kappa shape index (κ2) is 6.90. The minimum Gasteiger partial charge on any atom is -0.393 e. The molecule has 4 nitrogen and oxygen atoms in total. The molecule has 1 fully saturated rings. The number of nitrogens with two attached hydrogens (primary N) is 1. The van der Waals surface area contributed by atoms with Crippen LogP contribution in [0.15, 0.2) is 23.2 Å². The molecule has 1 aromatic rings. The first-order valence-electron chi connectivity index (χ1n) is 6.71. The summed E-state index contributed by atoms with van der Waals surface area (Å²) >= 11 is 5.60. The molecule has 4 N–H and O–H groups in total. The summed E-state index contributed by atoms with van der Waals surface area (Å²) in [6.45, 7) is 0. The number of benzene rings is 1. The van der Waals surface area contributed by atoms with Gasteiger partial charge in [-0.1, -0.05) is 0 Å². The number of hydrogen-bond acceptors (Lipinski definition) is 3. The Hall–Kier alpha value is -1.33. The third kappa shape index (κ3) is 4.08. The van der Waals surface area contributed by atoms with Gasteiger partial charge >= 0.3 is 0 Å². The lowest BCUT2D eigenvalue weighted by Crippen LogP contribution is -2.28. The molecule has 1 aliphatic rings. The molecule has 0 atom stereocenters. The maximum Gasteiger partial charge on any atom is 0.125 e. The van der Waals surface area contributed by atoms with Crippen LogP contribution in [0.3, 0.4) is 0 Å². The predicted octanol–water partition coefficient (Wildman–Crippen LogP) is 2.77. The van der Waals surface area contributed by atoms with E-state index >= 15 is 0 Å². The molecule has 0 unspecified atom stereocenters. The Morgan fingerprint density at radius 2 is 2.10 bits per heavy atom. The summed E-state index contributed by atoms with van der Waals surface area (Å²) < 4.78 is 13.3. The summed E-state index contributed by atoms with van der Waals surface area (Å²) in [6, 6.07) is 4.63. The van der Waals surface area contributed by atoms with Gasteiger partial charge in [-0.05, 0) is 37.8 Å². The second-order valence-corrected chi connectivity index (χ2v) is 5.32. The van der Waals surface area contributed by atoms with Crippen molar-refractivity contribution in [3.05, 3.63) is 24.0 Å². The van der Waals surface area contributed by atoms with E-state index < -0.39 is 0 Å². The van der Waals surface area contributed by atoms with Gasteiger partial charge in [0.2, 0.25) is 0 Å². The number of halogens is 2. The van der Waals surface area contributed by atoms with E-state index in [4.69, 9.17) is 17.3 Å². The molecule has 0 heterocycles. The molecular weight excluding hydrogens is 281 g/mol. The van der Waals surface area contributed by atoms with Gasteiger partial charge < -0.3 is 16.2 Å².